The van der Waals surface area contributed by atoms with Gasteiger partial charge in [0.05, 0.1) is 11.6 Å². The molecule has 1 amide bonds. The molecule has 8 heteroatoms. The summed E-state index contributed by atoms with van der Waals surface area (Å²) in [6.07, 6.45) is -0.753. The van der Waals surface area contributed by atoms with Crippen LogP contribution in [0.1, 0.15) is 31.9 Å². The Balaban J connectivity index is 2.14. The average Bonchev–Trinajstić information content (AvgIpc) is 2.66. The number of carboxylic acids is 1. The minimum atomic E-state index is -1.17. The number of nitrogens with one attached hydrogen (secondary N) is 1. The molecule has 1 atom stereocenters. The number of alkyl carbamates (subject to hydrolysis) is 1. The van der Waals surface area contributed by atoms with E-state index in [0.717, 1.165) is 11.3 Å². The van der Waals surface area contributed by atoms with E-state index in [0.29, 0.717) is 15.8 Å². The van der Waals surface area contributed by atoms with Gasteiger partial charge in [-0.25, -0.2) is 9.59 Å². The number of aliphatic carboxylic acids is 1. The zero-order valence-electron chi connectivity index (χ0n) is 17.4. The van der Waals surface area contributed by atoms with Crippen LogP contribution in [0.2, 0.25) is 0 Å². The lowest BCUT2D eigenvalue weighted by atomic mass is 10.0. The first-order chi connectivity index (χ1) is 14.1. The van der Waals surface area contributed by atoms with Gasteiger partial charge < -0.3 is 24.6 Å². The number of benzene rings is 2. The standard InChI is InChI=1S/C22H26BrNO6/c1-22(2,3)30-21(27)24-18(20(25)26)12-15-6-5-7-17(23)19(15)29-13-14-8-10-16(28-4)11-9-14/h5-11,18H,12-13H2,1-4H3,(H,24,27)(H,25,26). The second-order valence-corrected chi connectivity index (χ2v) is 8.46. The summed E-state index contributed by atoms with van der Waals surface area (Å²) in [4.78, 5) is 23.7. The van der Waals surface area contributed by atoms with Gasteiger partial charge in [-0.1, -0.05) is 24.3 Å². The normalized spacial score (nSPS) is 12.0. The molecule has 0 aromatic heterocycles. The highest BCUT2D eigenvalue weighted by Crippen LogP contribution is 2.31. The molecule has 0 saturated heterocycles. The molecule has 0 heterocycles. The Morgan fingerprint density at radius 1 is 1.13 bits per heavy atom. The number of hydrogen-bond acceptors (Lipinski definition) is 5. The van der Waals surface area contributed by atoms with Crippen molar-refractivity contribution in [3.05, 3.63) is 58.1 Å². The van der Waals surface area contributed by atoms with Crippen LogP contribution in [0.15, 0.2) is 46.9 Å². The molecular formula is C22H26BrNO6. The number of rotatable bonds is 8. The summed E-state index contributed by atoms with van der Waals surface area (Å²) in [7, 11) is 1.60. The second-order valence-electron chi connectivity index (χ2n) is 7.61. The number of para-hydroxylation sites is 1. The first kappa shape index (κ1) is 23.5. The van der Waals surface area contributed by atoms with Gasteiger partial charge in [0.1, 0.15) is 29.7 Å². The molecule has 0 aliphatic heterocycles. The van der Waals surface area contributed by atoms with Crippen molar-refractivity contribution in [1.29, 1.82) is 0 Å². The lowest BCUT2D eigenvalue weighted by Gasteiger charge is -2.22. The van der Waals surface area contributed by atoms with E-state index in [9.17, 15) is 14.7 Å². The molecule has 0 saturated carbocycles. The highest BCUT2D eigenvalue weighted by molar-refractivity contribution is 9.10. The number of halogens is 1. The van der Waals surface area contributed by atoms with Gasteiger partial charge in [-0.15, -0.1) is 0 Å². The fourth-order valence-electron chi connectivity index (χ4n) is 2.62. The molecule has 2 aromatic carbocycles. The summed E-state index contributed by atoms with van der Waals surface area (Å²) in [6.45, 7) is 5.42. The van der Waals surface area contributed by atoms with Crippen LogP contribution in [-0.4, -0.2) is 35.9 Å². The Kier molecular flexibility index (Phi) is 8.11. The van der Waals surface area contributed by atoms with Gasteiger partial charge >= 0.3 is 12.1 Å². The number of methoxy groups -OCH3 is 1. The van der Waals surface area contributed by atoms with Crippen LogP contribution in [0.5, 0.6) is 11.5 Å². The van der Waals surface area contributed by atoms with Crippen molar-refractivity contribution < 1.29 is 28.9 Å². The van der Waals surface area contributed by atoms with Crippen molar-refractivity contribution in [3.63, 3.8) is 0 Å². The molecule has 0 bridgehead atoms. The molecule has 0 spiro atoms. The largest absolute Gasteiger partial charge is 0.497 e. The fraction of sp³-hybridized carbons (Fsp3) is 0.364. The lowest BCUT2D eigenvalue weighted by Crippen LogP contribution is -2.44. The van der Waals surface area contributed by atoms with Crippen molar-refractivity contribution >= 4 is 28.0 Å². The molecule has 1 unspecified atom stereocenters. The monoisotopic (exact) mass is 479 g/mol. The van der Waals surface area contributed by atoms with Gasteiger partial charge in [-0.2, -0.15) is 0 Å². The molecule has 162 valence electrons. The number of hydrogen-bond donors (Lipinski definition) is 2. The van der Waals surface area contributed by atoms with E-state index in [4.69, 9.17) is 14.2 Å². The van der Waals surface area contributed by atoms with E-state index >= 15 is 0 Å². The maximum Gasteiger partial charge on any atom is 0.408 e. The summed E-state index contributed by atoms with van der Waals surface area (Å²) in [6, 6.07) is 11.6. The minimum absolute atomic E-state index is 0.0337. The molecule has 0 fully saturated rings. The first-order valence-corrected chi connectivity index (χ1v) is 10.1. The molecule has 0 radical (unpaired) electrons. The van der Waals surface area contributed by atoms with Crippen molar-refractivity contribution in [3.8, 4) is 11.5 Å². The molecule has 0 aliphatic carbocycles. The summed E-state index contributed by atoms with van der Waals surface area (Å²) in [5.41, 5.74) is 0.843. The third kappa shape index (κ3) is 7.26. The van der Waals surface area contributed by atoms with Gasteiger partial charge in [0, 0.05) is 6.42 Å². The smallest absolute Gasteiger partial charge is 0.408 e. The zero-order chi connectivity index (χ0) is 22.3. The Labute approximate surface area is 184 Å². The van der Waals surface area contributed by atoms with Crippen LogP contribution in [0.3, 0.4) is 0 Å². The average molecular weight is 480 g/mol. The Bertz CT molecular complexity index is 876. The Morgan fingerprint density at radius 2 is 1.80 bits per heavy atom. The van der Waals surface area contributed by atoms with Gasteiger partial charge in [0.2, 0.25) is 0 Å². The number of amides is 1. The third-order valence-corrected chi connectivity index (χ3v) is 4.63. The lowest BCUT2D eigenvalue weighted by molar-refractivity contribution is -0.139. The van der Waals surface area contributed by atoms with E-state index in [-0.39, 0.29) is 13.0 Å². The maximum atomic E-state index is 12.0. The second kappa shape index (κ2) is 10.3. The van der Waals surface area contributed by atoms with Crippen molar-refractivity contribution in [2.24, 2.45) is 0 Å². The zero-order valence-corrected chi connectivity index (χ0v) is 19.0. The van der Waals surface area contributed by atoms with Crippen molar-refractivity contribution in [1.82, 2.24) is 5.32 Å². The predicted octanol–water partition coefficient (Wildman–Crippen LogP) is 4.56. The van der Waals surface area contributed by atoms with Crippen LogP contribution in [0.4, 0.5) is 4.79 Å². The number of carbonyl (C=O) groups is 2. The van der Waals surface area contributed by atoms with E-state index in [1.54, 1.807) is 40.0 Å². The molecule has 30 heavy (non-hydrogen) atoms. The third-order valence-electron chi connectivity index (χ3n) is 4.00. The first-order valence-electron chi connectivity index (χ1n) is 9.34. The van der Waals surface area contributed by atoms with E-state index in [2.05, 4.69) is 21.2 Å². The van der Waals surface area contributed by atoms with Gasteiger partial charge in [0.15, 0.2) is 0 Å². The fourth-order valence-corrected chi connectivity index (χ4v) is 3.14. The Hall–Kier alpha value is -2.74. The maximum absolute atomic E-state index is 12.0. The summed E-state index contributed by atoms with van der Waals surface area (Å²) in [5, 5.41) is 12.0. The van der Waals surface area contributed by atoms with Crippen LogP contribution in [0, 0.1) is 0 Å². The van der Waals surface area contributed by atoms with Crippen molar-refractivity contribution in [2.45, 2.75) is 45.4 Å². The van der Waals surface area contributed by atoms with E-state index < -0.39 is 23.7 Å². The van der Waals surface area contributed by atoms with Gasteiger partial charge in [-0.05, 0) is 66.0 Å². The number of carboxylic acid groups (broad SMARTS) is 1. The molecule has 2 aromatic rings. The summed E-state index contributed by atoms with van der Waals surface area (Å²) in [5.74, 6) is 0.102. The highest BCUT2D eigenvalue weighted by Gasteiger charge is 2.25. The molecule has 7 nitrogen and oxygen atoms in total. The number of ether oxygens (including phenoxy) is 3. The molecular weight excluding hydrogens is 454 g/mol. The summed E-state index contributed by atoms with van der Waals surface area (Å²) >= 11 is 3.46. The highest BCUT2D eigenvalue weighted by atomic mass is 79.9. The van der Waals surface area contributed by atoms with Gasteiger partial charge in [-0.3, -0.25) is 0 Å². The van der Waals surface area contributed by atoms with Crippen LogP contribution < -0.4 is 14.8 Å². The van der Waals surface area contributed by atoms with E-state index in [1.807, 2.05) is 30.3 Å². The Morgan fingerprint density at radius 3 is 2.37 bits per heavy atom. The van der Waals surface area contributed by atoms with Crippen LogP contribution >= 0.6 is 15.9 Å². The minimum Gasteiger partial charge on any atom is -0.497 e. The number of carbonyl (C=O) groups excluding carboxylic acids is 1. The van der Waals surface area contributed by atoms with E-state index in [1.165, 1.54) is 0 Å². The summed E-state index contributed by atoms with van der Waals surface area (Å²) < 4.78 is 17.0. The van der Waals surface area contributed by atoms with Crippen LogP contribution in [-0.2, 0) is 22.6 Å². The topological polar surface area (TPSA) is 94.1 Å². The quantitative estimate of drug-likeness (QED) is 0.576. The molecule has 2 N–H and O–H groups in total. The predicted molar refractivity (Wildman–Crippen MR) is 116 cm³/mol. The molecule has 0 aliphatic rings. The van der Waals surface area contributed by atoms with Gasteiger partial charge in [0.25, 0.3) is 0 Å². The van der Waals surface area contributed by atoms with Crippen molar-refractivity contribution in [2.75, 3.05) is 7.11 Å². The molecule has 2 rings (SSSR count). The SMILES string of the molecule is COc1ccc(COc2c(Br)cccc2CC(NC(=O)OC(C)(C)C)C(=O)O)cc1. The van der Waals surface area contributed by atoms with Crippen LogP contribution in [0.25, 0.3) is 0 Å².